The van der Waals surface area contributed by atoms with Gasteiger partial charge >= 0.3 is 0 Å². The van der Waals surface area contributed by atoms with E-state index in [9.17, 15) is 4.79 Å². The lowest BCUT2D eigenvalue weighted by atomic mass is 9.65. The van der Waals surface area contributed by atoms with Crippen LogP contribution in [0.3, 0.4) is 0 Å². The van der Waals surface area contributed by atoms with Gasteiger partial charge in [-0.05, 0) is 37.5 Å². The number of carbonyl (C=O) groups excluding carboxylic acids is 1. The van der Waals surface area contributed by atoms with Crippen molar-refractivity contribution in [1.82, 2.24) is 4.98 Å². The Balaban J connectivity index is 1.43. The first-order valence-corrected chi connectivity index (χ1v) is 9.15. The van der Waals surface area contributed by atoms with Gasteiger partial charge in [-0.3, -0.25) is 4.79 Å². The molecule has 120 valence electrons. The van der Waals surface area contributed by atoms with Crippen LogP contribution in [0.1, 0.15) is 42.7 Å². The largest absolute Gasteiger partial charge is 0.375 e. The Labute approximate surface area is 134 Å². The van der Waals surface area contributed by atoms with Gasteiger partial charge in [-0.2, -0.15) is 0 Å². The molecule has 6 heteroatoms. The van der Waals surface area contributed by atoms with Gasteiger partial charge in [0.1, 0.15) is 0 Å². The third kappa shape index (κ3) is 2.68. The summed E-state index contributed by atoms with van der Waals surface area (Å²) in [6.45, 7) is 1.36. The fraction of sp³-hybridized carbons (Fsp3) is 0.750. The number of aromatic nitrogens is 1. The van der Waals surface area contributed by atoms with Gasteiger partial charge in [-0.15, -0.1) is 0 Å². The van der Waals surface area contributed by atoms with Crippen molar-refractivity contribution in [2.24, 2.45) is 23.5 Å². The summed E-state index contributed by atoms with van der Waals surface area (Å²) in [5.41, 5.74) is 7.40. The van der Waals surface area contributed by atoms with Gasteiger partial charge in [-0.25, -0.2) is 4.98 Å². The Morgan fingerprint density at radius 1 is 1.32 bits per heavy atom. The van der Waals surface area contributed by atoms with Crippen LogP contribution in [0.2, 0.25) is 0 Å². The highest BCUT2D eigenvalue weighted by molar-refractivity contribution is 7.15. The maximum absolute atomic E-state index is 12.6. The summed E-state index contributed by atoms with van der Waals surface area (Å²) in [7, 11) is 0. The van der Waals surface area contributed by atoms with E-state index < -0.39 is 0 Å². The predicted molar refractivity (Wildman–Crippen MR) is 85.6 cm³/mol. The van der Waals surface area contributed by atoms with E-state index in [1.54, 1.807) is 11.3 Å². The molecule has 5 nitrogen and oxygen atoms in total. The molecular weight excluding hydrogens is 298 g/mol. The van der Waals surface area contributed by atoms with E-state index in [1.165, 1.54) is 19.3 Å². The minimum absolute atomic E-state index is 0.104. The van der Waals surface area contributed by atoms with Crippen molar-refractivity contribution in [2.75, 3.05) is 11.9 Å². The molecule has 1 amide bonds. The SMILES string of the molecule is NC1C2CCCC1CC(C(=O)Nc1nc3c(s1)COCC3)C2. The molecule has 2 bridgehead atoms. The molecule has 2 heterocycles. The third-order valence-electron chi connectivity index (χ3n) is 5.51. The maximum Gasteiger partial charge on any atom is 0.229 e. The number of rotatable bonds is 2. The monoisotopic (exact) mass is 321 g/mol. The second-order valence-electron chi connectivity index (χ2n) is 6.88. The number of anilines is 1. The number of ether oxygens (including phenoxy) is 1. The number of amides is 1. The average Bonchev–Trinajstić information content (AvgIpc) is 2.88. The number of nitrogens with one attached hydrogen (secondary N) is 1. The number of fused-ring (bicyclic) bond motifs is 3. The summed E-state index contributed by atoms with van der Waals surface area (Å²) in [6.07, 6.45) is 6.38. The highest BCUT2D eigenvalue weighted by Gasteiger charge is 2.40. The molecule has 0 saturated heterocycles. The van der Waals surface area contributed by atoms with E-state index in [0.29, 0.717) is 24.5 Å². The lowest BCUT2D eigenvalue weighted by Crippen LogP contribution is -2.48. The summed E-state index contributed by atoms with van der Waals surface area (Å²) in [6, 6.07) is 0.308. The van der Waals surface area contributed by atoms with Crippen molar-refractivity contribution >= 4 is 22.4 Å². The number of hydrogen-bond acceptors (Lipinski definition) is 5. The van der Waals surface area contributed by atoms with E-state index in [-0.39, 0.29) is 11.8 Å². The molecule has 2 saturated carbocycles. The summed E-state index contributed by atoms with van der Waals surface area (Å²) >= 11 is 1.56. The van der Waals surface area contributed by atoms with E-state index in [4.69, 9.17) is 10.5 Å². The van der Waals surface area contributed by atoms with Crippen LogP contribution in [-0.4, -0.2) is 23.5 Å². The molecule has 2 atom stereocenters. The second-order valence-corrected chi connectivity index (χ2v) is 7.96. The van der Waals surface area contributed by atoms with Crippen molar-refractivity contribution < 1.29 is 9.53 Å². The minimum Gasteiger partial charge on any atom is -0.375 e. The Hall–Kier alpha value is -0.980. The standard InChI is InChI=1S/C16H23N3O2S/c17-14-9-2-1-3-10(14)7-11(6-9)15(20)19-16-18-12-4-5-21-8-13(12)22-16/h9-11,14H,1-8,17H2,(H,18,19,20). The number of nitrogens with zero attached hydrogens (tertiary/aromatic N) is 1. The first kappa shape index (κ1) is 14.6. The average molecular weight is 321 g/mol. The van der Waals surface area contributed by atoms with Gasteiger partial charge in [0, 0.05) is 18.4 Å². The van der Waals surface area contributed by atoms with Crippen molar-refractivity contribution in [2.45, 2.75) is 51.2 Å². The summed E-state index contributed by atoms with van der Waals surface area (Å²) < 4.78 is 5.44. The van der Waals surface area contributed by atoms with Gasteiger partial charge in [0.2, 0.25) is 5.91 Å². The zero-order valence-corrected chi connectivity index (χ0v) is 13.5. The van der Waals surface area contributed by atoms with Gasteiger partial charge in [0.05, 0.1) is 23.8 Å². The molecule has 3 N–H and O–H groups in total. The van der Waals surface area contributed by atoms with Crippen LogP contribution in [0.25, 0.3) is 0 Å². The number of hydrogen-bond donors (Lipinski definition) is 2. The Bertz CT molecular complexity index is 536. The summed E-state index contributed by atoms with van der Waals surface area (Å²) in [4.78, 5) is 18.3. The van der Waals surface area contributed by atoms with Gasteiger partial charge < -0.3 is 15.8 Å². The predicted octanol–water partition coefficient (Wildman–Crippen LogP) is 2.31. The molecule has 1 aromatic heterocycles. The molecular formula is C16H23N3O2S. The topological polar surface area (TPSA) is 77.2 Å². The van der Waals surface area contributed by atoms with Crippen molar-refractivity contribution in [3.05, 3.63) is 10.6 Å². The van der Waals surface area contributed by atoms with Crippen LogP contribution < -0.4 is 11.1 Å². The van der Waals surface area contributed by atoms with Gasteiger partial charge in [0.25, 0.3) is 0 Å². The highest BCUT2D eigenvalue weighted by Crippen LogP contribution is 2.42. The van der Waals surface area contributed by atoms with E-state index >= 15 is 0 Å². The highest BCUT2D eigenvalue weighted by atomic mass is 32.1. The lowest BCUT2D eigenvalue weighted by molar-refractivity contribution is -0.122. The van der Waals surface area contributed by atoms with Crippen molar-refractivity contribution in [1.29, 1.82) is 0 Å². The van der Waals surface area contributed by atoms with Crippen LogP contribution in [0, 0.1) is 17.8 Å². The lowest BCUT2D eigenvalue weighted by Gasteiger charge is -2.43. The Morgan fingerprint density at radius 3 is 2.82 bits per heavy atom. The number of carbonyl (C=O) groups is 1. The van der Waals surface area contributed by atoms with Gasteiger partial charge in [0.15, 0.2) is 5.13 Å². The zero-order chi connectivity index (χ0) is 15.1. The van der Waals surface area contributed by atoms with Crippen molar-refractivity contribution in [3.8, 4) is 0 Å². The molecule has 1 aromatic rings. The third-order valence-corrected chi connectivity index (χ3v) is 6.50. The van der Waals surface area contributed by atoms with E-state index in [1.807, 2.05) is 0 Å². The molecule has 4 rings (SSSR count). The molecule has 3 aliphatic rings. The minimum atomic E-state index is 0.104. The Kier molecular flexibility index (Phi) is 3.92. The number of thiazole rings is 1. The van der Waals surface area contributed by atoms with Gasteiger partial charge in [-0.1, -0.05) is 17.8 Å². The first-order valence-electron chi connectivity index (χ1n) is 8.33. The number of nitrogens with two attached hydrogens (primary N) is 1. The quantitative estimate of drug-likeness (QED) is 0.876. The van der Waals surface area contributed by atoms with Crippen LogP contribution in [0.4, 0.5) is 5.13 Å². The Morgan fingerprint density at radius 2 is 2.09 bits per heavy atom. The molecule has 1 aliphatic heterocycles. The van der Waals surface area contributed by atoms with Crippen LogP contribution in [-0.2, 0) is 22.6 Å². The zero-order valence-electron chi connectivity index (χ0n) is 12.7. The fourth-order valence-electron chi connectivity index (χ4n) is 4.29. The maximum atomic E-state index is 12.6. The molecule has 0 spiro atoms. The molecule has 2 fully saturated rings. The molecule has 0 radical (unpaired) electrons. The fourth-order valence-corrected chi connectivity index (χ4v) is 5.24. The van der Waals surface area contributed by atoms with E-state index in [0.717, 1.165) is 41.6 Å². The molecule has 22 heavy (non-hydrogen) atoms. The summed E-state index contributed by atoms with van der Waals surface area (Å²) in [5.74, 6) is 1.30. The molecule has 2 aliphatic carbocycles. The second kappa shape index (κ2) is 5.91. The first-order chi connectivity index (χ1) is 10.7. The normalized spacial score (nSPS) is 34.0. The van der Waals surface area contributed by atoms with Crippen LogP contribution >= 0.6 is 11.3 Å². The summed E-state index contributed by atoms with van der Waals surface area (Å²) in [5, 5.41) is 3.78. The van der Waals surface area contributed by atoms with E-state index in [2.05, 4.69) is 10.3 Å². The molecule has 0 aromatic carbocycles. The smallest absolute Gasteiger partial charge is 0.229 e. The van der Waals surface area contributed by atoms with Crippen LogP contribution in [0.5, 0.6) is 0 Å². The molecule has 2 unspecified atom stereocenters. The van der Waals surface area contributed by atoms with Crippen LogP contribution in [0.15, 0.2) is 0 Å². The van der Waals surface area contributed by atoms with Crippen molar-refractivity contribution in [3.63, 3.8) is 0 Å².